The van der Waals surface area contributed by atoms with Crippen LogP contribution in [0.1, 0.15) is 0 Å². The first-order valence-electron chi connectivity index (χ1n) is 4.14. The van der Waals surface area contributed by atoms with Crippen LogP contribution >= 0.6 is 15.9 Å². The molecule has 2 N–H and O–H groups in total. The third-order valence-corrected chi connectivity index (χ3v) is 2.71. The minimum atomic E-state index is -0.153. The van der Waals surface area contributed by atoms with Gasteiger partial charge in [-0.3, -0.25) is 4.79 Å². The molecule has 0 fully saturated rings. The van der Waals surface area contributed by atoms with Crippen LogP contribution in [0.3, 0.4) is 0 Å². The molecule has 3 nitrogen and oxygen atoms in total. The van der Waals surface area contributed by atoms with Gasteiger partial charge in [0.25, 0.3) is 5.56 Å². The minimum absolute atomic E-state index is 0.153. The molecule has 0 aliphatic heterocycles. The molecule has 0 aliphatic carbocycles. The summed E-state index contributed by atoms with van der Waals surface area (Å²) >= 11 is 3.37. The summed E-state index contributed by atoms with van der Waals surface area (Å²) in [4.78, 5) is 11.5. The second kappa shape index (κ2) is 3.13. The van der Waals surface area contributed by atoms with Crippen LogP contribution in [-0.4, -0.2) is 4.57 Å². The van der Waals surface area contributed by atoms with E-state index in [-0.39, 0.29) is 11.2 Å². The van der Waals surface area contributed by atoms with Gasteiger partial charge in [0.1, 0.15) is 0 Å². The Kier molecular flexibility index (Phi) is 2.07. The van der Waals surface area contributed by atoms with Crippen LogP contribution < -0.4 is 11.3 Å². The monoisotopic (exact) mass is 252 g/mol. The average Bonchev–Trinajstić information content (AvgIpc) is 2.14. The standard InChI is InChI=1S/C10H9BrN2O/c1-13-9-3-2-7(11)4-6(9)5-8(12)10(13)14/h2-5H,12H2,1H3. The van der Waals surface area contributed by atoms with Crippen molar-refractivity contribution in [3.63, 3.8) is 0 Å². The van der Waals surface area contributed by atoms with Gasteiger partial charge in [-0.05, 0) is 24.3 Å². The summed E-state index contributed by atoms with van der Waals surface area (Å²) in [7, 11) is 1.72. The summed E-state index contributed by atoms with van der Waals surface area (Å²) in [5.41, 5.74) is 6.59. The number of hydrogen-bond acceptors (Lipinski definition) is 2. The molecule has 1 aromatic heterocycles. The fourth-order valence-corrected chi connectivity index (χ4v) is 1.86. The summed E-state index contributed by atoms with van der Waals surface area (Å²) in [5, 5.41) is 0.957. The quantitative estimate of drug-likeness (QED) is 0.779. The zero-order chi connectivity index (χ0) is 10.3. The molecule has 1 heterocycles. The number of halogens is 1. The van der Waals surface area contributed by atoms with Gasteiger partial charge < -0.3 is 10.3 Å². The van der Waals surface area contributed by atoms with Crippen LogP contribution in [0.4, 0.5) is 5.69 Å². The lowest BCUT2D eigenvalue weighted by molar-refractivity contribution is 0.910. The van der Waals surface area contributed by atoms with Crippen LogP contribution in [0.5, 0.6) is 0 Å². The summed E-state index contributed by atoms with van der Waals surface area (Å²) < 4.78 is 2.53. The van der Waals surface area contributed by atoms with Gasteiger partial charge in [-0.15, -0.1) is 0 Å². The van der Waals surface area contributed by atoms with E-state index in [1.165, 1.54) is 0 Å². The van der Waals surface area contributed by atoms with Crippen LogP contribution in [-0.2, 0) is 7.05 Å². The number of fused-ring (bicyclic) bond motifs is 1. The van der Waals surface area contributed by atoms with Crippen molar-refractivity contribution in [2.24, 2.45) is 7.05 Å². The van der Waals surface area contributed by atoms with Crippen molar-refractivity contribution in [1.29, 1.82) is 0 Å². The van der Waals surface area contributed by atoms with E-state index < -0.39 is 0 Å². The highest BCUT2D eigenvalue weighted by Gasteiger charge is 2.03. The summed E-state index contributed by atoms with van der Waals surface area (Å²) in [6, 6.07) is 7.42. The Morgan fingerprint density at radius 2 is 2.07 bits per heavy atom. The molecule has 2 aromatic rings. The Morgan fingerprint density at radius 1 is 1.36 bits per heavy atom. The van der Waals surface area contributed by atoms with Crippen LogP contribution in [0.25, 0.3) is 10.9 Å². The van der Waals surface area contributed by atoms with Crippen molar-refractivity contribution in [3.8, 4) is 0 Å². The van der Waals surface area contributed by atoms with E-state index >= 15 is 0 Å². The highest BCUT2D eigenvalue weighted by Crippen LogP contribution is 2.19. The van der Waals surface area contributed by atoms with Gasteiger partial charge >= 0.3 is 0 Å². The zero-order valence-corrected chi connectivity index (χ0v) is 9.21. The van der Waals surface area contributed by atoms with Gasteiger partial charge in [-0.2, -0.15) is 0 Å². The number of rotatable bonds is 0. The predicted molar refractivity (Wildman–Crippen MR) is 61.3 cm³/mol. The summed E-state index contributed by atoms with van der Waals surface area (Å²) in [5.74, 6) is 0. The number of anilines is 1. The molecular weight excluding hydrogens is 244 g/mol. The maximum atomic E-state index is 11.5. The van der Waals surface area contributed by atoms with Crippen LogP contribution in [0.2, 0.25) is 0 Å². The first kappa shape index (κ1) is 9.27. The second-order valence-corrected chi connectivity index (χ2v) is 4.08. The van der Waals surface area contributed by atoms with Crippen molar-refractivity contribution in [1.82, 2.24) is 4.57 Å². The van der Waals surface area contributed by atoms with Gasteiger partial charge in [-0.1, -0.05) is 15.9 Å². The molecule has 4 heteroatoms. The minimum Gasteiger partial charge on any atom is -0.394 e. The van der Waals surface area contributed by atoms with E-state index in [1.807, 2.05) is 18.2 Å². The lowest BCUT2D eigenvalue weighted by Gasteiger charge is -2.06. The van der Waals surface area contributed by atoms with E-state index in [4.69, 9.17) is 5.73 Å². The molecule has 14 heavy (non-hydrogen) atoms. The molecule has 72 valence electrons. The Balaban J connectivity index is 2.98. The van der Waals surface area contributed by atoms with Gasteiger partial charge in [0.15, 0.2) is 0 Å². The zero-order valence-electron chi connectivity index (χ0n) is 7.62. The SMILES string of the molecule is Cn1c(=O)c(N)cc2cc(Br)ccc21. The topological polar surface area (TPSA) is 48.0 Å². The highest BCUT2D eigenvalue weighted by molar-refractivity contribution is 9.10. The van der Waals surface area contributed by atoms with Crippen molar-refractivity contribution in [3.05, 3.63) is 39.1 Å². The normalized spacial score (nSPS) is 10.7. The smallest absolute Gasteiger partial charge is 0.273 e. The molecule has 0 saturated carbocycles. The molecule has 0 saturated heterocycles. The fraction of sp³-hybridized carbons (Fsp3) is 0.100. The number of nitrogens with two attached hydrogens (primary N) is 1. The number of aryl methyl sites for hydroxylation is 1. The molecule has 0 spiro atoms. The molecule has 0 bridgehead atoms. The van der Waals surface area contributed by atoms with E-state index in [1.54, 1.807) is 17.7 Å². The Morgan fingerprint density at radius 3 is 2.79 bits per heavy atom. The van der Waals surface area contributed by atoms with E-state index in [9.17, 15) is 4.79 Å². The largest absolute Gasteiger partial charge is 0.394 e. The first-order chi connectivity index (χ1) is 6.59. The summed E-state index contributed by atoms with van der Waals surface area (Å²) in [6.07, 6.45) is 0. The van der Waals surface area contributed by atoms with Crippen molar-refractivity contribution >= 4 is 32.5 Å². The predicted octanol–water partition coefficient (Wildman–Crippen LogP) is 1.88. The van der Waals surface area contributed by atoms with E-state index in [2.05, 4.69) is 15.9 Å². The lowest BCUT2D eigenvalue weighted by atomic mass is 10.2. The van der Waals surface area contributed by atoms with E-state index in [0.717, 1.165) is 15.4 Å². The molecule has 1 aromatic carbocycles. The molecule has 0 atom stereocenters. The molecular formula is C10H9BrN2O. The number of aromatic nitrogens is 1. The van der Waals surface area contributed by atoms with Crippen molar-refractivity contribution < 1.29 is 0 Å². The maximum Gasteiger partial charge on any atom is 0.273 e. The molecule has 2 rings (SSSR count). The van der Waals surface area contributed by atoms with Gasteiger partial charge in [0, 0.05) is 16.9 Å². The number of benzene rings is 1. The number of pyridine rings is 1. The Hall–Kier alpha value is -1.29. The lowest BCUT2D eigenvalue weighted by Crippen LogP contribution is -2.20. The third-order valence-electron chi connectivity index (χ3n) is 2.21. The van der Waals surface area contributed by atoms with Crippen molar-refractivity contribution in [2.75, 3.05) is 5.73 Å². The number of nitrogens with zero attached hydrogens (tertiary/aromatic N) is 1. The average molecular weight is 253 g/mol. The van der Waals surface area contributed by atoms with E-state index in [0.29, 0.717) is 0 Å². The van der Waals surface area contributed by atoms with Crippen molar-refractivity contribution in [2.45, 2.75) is 0 Å². The maximum absolute atomic E-state index is 11.5. The van der Waals surface area contributed by atoms with Crippen LogP contribution in [0.15, 0.2) is 33.5 Å². The third kappa shape index (κ3) is 1.32. The van der Waals surface area contributed by atoms with Gasteiger partial charge in [-0.25, -0.2) is 0 Å². The van der Waals surface area contributed by atoms with Gasteiger partial charge in [0.05, 0.1) is 11.2 Å². The molecule has 0 radical (unpaired) electrons. The molecule has 0 aliphatic rings. The Bertz CT molecular complexity index is 560. The highest BCUT2D eigenvalue weighted by atomic mass is 79.9. The number of hydrogen-bond donors (Lipinski definition) is 1. The fourth-order valence-electron chi connectivity index (χ4n) is 1.48. The Labute approximate surface area is 89.3 Å². The summed E-state index contributed by atoms with van der Waals surface area (Å²) in [6.45, 7) is 0. The second-order valence-electron chi connectivity index (χ2n) is 3.17. The van der Waals surface area contributed by atoms with Crippen LogP contribution in [0, 0.1) is 0 Å². The first-order valence-corrected chi connectivity index (χ1v) is 4.93. The molecule has 0 amide bonds. The van der Waals surface area contributed by atoms with Gasteiger partial charge in [0.2, 0.25) is 0 Å². The molecule has 0 unspecified atom stereocenters. The number of nitrogen functional groups attached to an aromatic ring is 1.